The van der Waals surface area contributed by atoms with Crippen molar-refractivity contribution in [1.82, 2.24) is 4.98 Å². The molecule has 0 fully saturated rings. The number of para-hydroxylation sites is 1. The maximum atomic E-state index is 7.00. The summed E-state index contributed by atoms with van der Waals surface area (Å²) in [6, 6.07) is 19.8. The maximum Gasteiger partial charge on any atom is 0.135 e. The maximum absolute atomic E-state index is 7.00. The standard InChI is InChI=1S/C20H18NOSi.2CH4O.Ir/c1-23(2,3)20-11-7-5-9-15(20)17-12-19-16(13-21-17)14-8-4-6-10-18(14)22-19;2*1-2;/h4-8,10-13H,1-3H3;2*2H,1H3;/q-1;;;. The monoisotopic (exact) mass is 573 g/mol. The van der Waals surface area contributed by atoms with E-state index >= 15 is 0 Å². The van der Waals surface area contributed by atoms with Crippen molar-refractivity contribution in [1.29, 1.82) is 0 Å². The Morgan fingerprint density at radius 3 is 2.25 bits per heavy atom. The molecule has 2 aromatic heterocycles. The predicted molar refractivity (Wildman–Crippen MR) is 115 cm³/mol. The Morgan fingerprint density at radius 1 is 0.893 bits per heavy atom. The van der Waals surface area contributed by atoms with Gasteiger partial charge in [-0.15, -0.1) is 35.0 Å². The molecule has 6 heteroatoms. The van der Waals surface area contributed by atoms with Gasteiger partial charge in [-0.2, -0.15) is 0 Å². The Hall–Kier alpha value is -1.82. The molecule has 4 nitrogen and oxygen atoms in total. The van der Waals surface area contributed by atoms with E-state index in [1.54, 1.807) is 0 Å². The van der Waals surface area contributed by atoms with Gasteiger partial charge < -0.3 is 19.6 Å². The molecule has 0 saturated carbocycles. The van der Waals surface area contributed by atoms with Crippen LogP contribution in [0.5, 0.6) is 0 Å². The van der Waals surface area contributed by atoms with E-state index in [1.165, 1.54) is 5.19 Å². The minimum Gasteiger partial charge on any atom is -0.457 e. The molecule has 4 rings (SSSR count). The molecule has 2 heterocycles. The van der Waals surface area contributed by atoms with Crippen LogP contribution in [0.25, 0.3) is 33.2 Å². The van der Waals surface area contributed by atoms with Gasteiger partial charge in [0.2, 0.25) is 0 Å². The summed E-state index contributed by atoms with van der Waals surface area (Å²) >= 11 is 0. The molecular formula is C22H26IrNO3Si-. The first-order chi connectivity index (χ1) is 13.0. The van der Waals surface area contributed by atoms with Crippen molar-refractivity contribution in [3.05, 3.63) is 60.8 Å². The molecule has 2 aromatic carbocycles. The second kappa shape index (κ2) is 10.6. The van der Waals surface area contributed by atoms with Crippen LogP contribution >= 0.6 is 0 Å². The summed E-state index contributed by atoms with van der Waals surface area (Å²) in [5.41, 5.74) is 3.84. The number of rotatable bonds is 2. The van der Waals surface area contributed by atoms with Gasteiger partial charge in [-0.05, 0) is 17.8 Å². The molecule has 151 valence electrons. The zero-order valence-electron chi connectivity index (χ0n) is 16.8. The number of hydrogen-bond acceptors (Lipinski definition) is 4. The summed E-state index contributed by atoms with van der Waals surface area (Å²) in [5, 5.41) is 17.6. The van der Waals surface area contributed by atoms with Crippen molar-refractivity contribution in [2.45, 2.75) is 19.6 Å². The zero-order valence-corrected chi connectivity index (χ0v) is 20.2. The van der Waals surface area contributed by atoms with Gasteiger partial charge in [-0.1, -0.05) is 37.8 Å². The van der Waals surface area contributed by atoms with Crippen LogP contribution in [-0.4, -0.2) is 37.5 Å². The normalized spacial score (nSPS) is 10.4. The Bertz CT molecular complexity index is 1030. The average Bonchev–Trinajstić information content (AvgIpc) is 3.08. The summed E-state index contributed by atoms with van der Waals surface area (Å²) in [7, 11) is 0.538. The number of fused-ring (bicyclic) bond motifs is 3. The van der Waals surface area contributed by atoms with E-state index in [4.69, 9.17) is 19.6 Å². The molecule has 28 heavy (non-hydrogen) atoms. The molecule has 0 unspecified atom stereocenters. The number of furan rings is 1. The molecule has 0 aliphatic carbocycles. The molecule has 1 radical (unpaired) electrons. The predicted octanol–water partition coefficient (Wildman–Crippen LogP) is 4.21. The van der Waals surface area contributed by atoms with Gasteiger partial charge >= 0.3 is 0 Å². The SMILES string of the molecule is CO.CO.C[Si](C)(C)c1ccc[c-]c1-c1cc2oc3ccccc3c2cn1.[Ir]. The fourth-order valence-electron chi connectivity index (χ4n) is 3.03. The van der Waals surface area contributed by atoms with Gasteiger partial charge in [-0.3, -0.25) is 0 Å². The topological polar surface area (TPSA) is 66.5 Å². The third kappa shape index (κ3) is 4.96. The van der Waals surface area contributed by atoms with E-state index in [1.807, 2.05) is 36.5 Å². The quantitative estimate of drug-likeness (QED) is 0.279. The molecule has 0 amide bonds. The number of benzene rings is 2. The van der Waals surface area contributed by atoms with Crippen molar-refractivity contribution in [3.63, 3.8) is 0 Å². The van der Waals surface area contributed by atoms with Gasteiger partial charge in [0, 0.05) is 59.4 Å². The van der Waals surface area contributed by atoms with Gasteiger partial charge in [0.1, 0.15) is 11.2 Å². The largest absolute Gasteiger partial charge is 0.457 e. The summed E-state index contributed by atoms with van der Waals surface area (Å²) < 4.78 is 6.00. The van der Waals surface area contributed by atoms with Crippen LogP contribution in [0.2, 0.25) is 19.6 Å². The van der Waals surface area contributed by atoms with Crippen LogP contribution in [0.15, 0.2) is 59.1 Å². The van der Waals surface area contributed by atoms with E-state index in [0.29, 0.717) is 0 Å². The molecule has 0 spiro atoms. The Morgan fingerprint density at radius 2 is 1.57 bits per heavy atom. The summed E-state index contributed by atoms with van der Waals surface area (Å²) in [4.78, 5) is 4.70. The summed E-state index contributed by atoms with van der Waals surface area (Å²) in [6.07, 6.45) is 1.92. The number of aliphatic hydroxyl groups excluding tert-OH is 2. The molecule has 0 atom stereocenters. The smallest absolute Gasteiger partial charge is 0.135 e. The Balaban J connectivity index is 0.000000739. The van der Waals surface area contributed by atoms with Crippen LogP contribution in [0, 0.1) is 6.07 Å². The third-order valence-corrected chi connectivity index (χ3v) is 6.22. The van der Waals surface area contributed by atoms with Crippen LogP contribution in [0.3, 0.4) is 0 Å². The molecular weight excluding hydrogens is 547 g/mol. The molecule has 2 N–H and O–H groups in total. The third-order valence-electron chi connectivity index (χ3n) is 4.18. The first kappa shape index (κ1) is 24.2. The zero-order chi connectivity index (χ0) is 20.0. The number of nitrogens with zero attached hydrogens (tertiary/aromatic N) is 1. The van der Waals surface area contributed by atoms with Crippen LogP contribution in [0.1, 0.15) is 0 Å². The molecule has 4 aromatic rings. The van der Waals surface area contributed by atoms with E-state index in [-0.39, 0.29) is 20.1 Å². The van der Waals surface area contributed by atoms with Crippen molar-refractivity contribution in [2.24, 2.45) is 0 Å². The van der Waals surface area contributed by atoms with Crippen LogP contribution in [0.4, 0.5) is 0 Å². The molecule has 0 aliphatic heterocycles. The second-order valence-electron chi connectivity index (χ2n) is 6.87. The fourth-order valence-corrected chi connectivity index (χ4v) is 4.58. The van der Waals surface area contributed by atoms with Gasteiger partial charge in [-0.25, -0.2) is 0 Å². The Labute approximate surface area is 180 Å². The van der Waals surface area contributed by atoms with Crippen molar-refractivity contribution < 1.29 is 34.7 Å². The van der Waals surface area contributed by atoms with Gasteiger partial charge in [0.25, 0.3) is 0 Å². The Kier molecular flexibility index (Phi) is 9.21. The van der Waals surface area contributed by atoms with Gasteiger partial charge in [0.15, 0.2) is 0 Å². The molecule has 0 bridgehead atoms. The van der Waals surface area contributed by atoms with E-state index in [2.05, 4.69) is 43.9 Å². The number of aliphatic hydroxyl groups is 2. The van der Waals surface area contributed by atoms with Crippen molar-refractivity contribution in [3.8, 4) is 11.3 Å². The molecule has 0 saturated heterocycles. The second-order valence-corrected chi connectivity index (χ2v) is 11.9. The minimum atomic E-state index is -1.46. The minimum absolute atomic E-state index is 0. The first-order valence-electron chi connectivity index (χ1n) is 8.72. The number of pyridine rings is 1. The van der Waals surface area contributed by atoms with Crippen molar-refractivity contribution >= 4 is 35.2 Å². The first-order valence-corrected chi connectivity index (χ1v) is 12.2. The average molecular weight is 573 g/mol. The van der Waals surface area contributed by atoms with Crippen LogP contribution in [-0.2, 0) is 20.1 Å². The van der Waals surface area contributed by atoms with E-state index < -0.39 is 8.07 Å². The summed E-state index contributed by atoms with van der Waals surface area (Å²) in [6.45, 7) is 7.04. The van der Waals surface area contributed by atoms with E-state index in [0.717, 1.165) is 47.4 Å². The van der Waals surface area contributed by atoms with Crippen LogP contribution < -0.4 is 5.19 Å². The number of hydrogen-bond donors (Lipinski definition) is 2. The molecule has 0 aliphatic rings. The van der Waals surface area contributed by atoms with E-state index in [9.17, 15) is 0 Å². The van der Waals surface area contributed by atoms with Crippen molar-refractivity contribution in [2.75, 3.05) is 14.2 Å². The number of aromatic nitrogens is 1. The van der Waals surface area contributed by atoms with Gasteiger partial charge in [0.05, 0.1) is 0 Å². The summed E-state index contributed by atoms with van der Waals surface area (Å²) in [5.74, 6) is 0. The fraction of sp³-hybridized carbons (Fsp3) is 0.227.